The molecule has 0 heterocycles. The molecule has 0 spiro atoms. The summed E-state index contributed by atoms with van der Waals surface area (Å²) in [6.45, 7) is 23.8. The Labute approximate surface area is 169 Å². The number of carbonyl (C=O) groups excluding carboxylic acids is 1. The first-order valence-electron chi connectivity index (χ1n) is 10.7. The second-order valence-electron chi connectivity index (χ2n) is 10.6. The van der Waals surface area contributed by atoms with Crippen molar-refractivity contribution in [1.29, 1.82) is 0 Å². The summed E-state index contributed by atoms with van der Waals surface area (Å²) in [6, 6.07) is 0. The quantitative estimate of drug-likeness (QED) is 0.404. The number of hydrogen-bond acceptors (Lipinski definition) is 3. The number of hydrogen-bond donors (Lipinski definition) is 1. The van der Waals surface area contributed by atoms with Crippen molar-refractivity contribution in [1.82, 2.24) is 5.32 Å². The van der Waals surface area contributed by atoms with E-state index in [1.807, 2.05) is 13.8 Å². The fourth-order valence-electron chi connectivity index (χ4n) is 2.35. The third-order valence-corrected chi connectivity index (χ3v) is 5.75. The third kappa shape index (κ3) is 11.7. The molecule has 4 nitrogen and oxygen atoms in total. The topological polar surface area (TPSA) is 47.6 Å². The summed E-state index contributed by atoms with van der Waals surface area (Å²) >= 11 is 0. The summed E-state index contributed by atoms with van der Waals surface area (Å²) in [6.07, 6.45) is 3.16. The molecule has 0 radical (unpaired) electrons. The highest BCUT2D eigenvalue weighted by atomic mass is 16.5. The SMILES string of the molecule is CC(C)CCC(C)(C)OCC(C)(C)C(=O)NCCOCCC(C)(C)C(C)C. The highest BCUT2D eigenvalue weighted by Crippen LogP contribution is 2.29. The van der Waals surface area contributed by atoms with Gasteiger partial charge in [-0.05, 0) is 64.2 Å². The van der Waals surface area contributed by atoms with Gasteiger partial charge < -0.3 is 14.8 Å². The third-order valence-electron chi connectivity index (χ3n) is 5.75. The van der Waals surface area contributed by atoms with Crippen molar-refractivity contribution in [3.8, 4) is 0 Å². The molecule has 0 fully saturated rings. The van der Waals surface area contributed by atoms with Gasteiger partial charge in [0.05, 0.1) is 24.2 Å². The van der Waals surface area contributed by atoms with Crippen LogP contribution in [0.4, 0.5) is 0 Å². The molecule has 1 N–H and O–H groups in total. The zero-order valence-electron chi connectivity index (χ0n) is 19.8. The molecule has 0 bridgehead atoms. The Balaban J connectivity index is 4.11. The van der Waals surface area contributed by atoms with Crippen molar-refractivity contribution < 1.29 is 14.3 Å². The van der Waals surface area contributed by atoms with Gasteiger partial charge in [-0.2, -0.15) is 0 Å². The average Bonchev–Trinajstić information content (AvgIpc) is 2.54. The smallest absolute Gasteiger partial charge is 0.228 e. The number of amides is 1. The lowest BCUT2D eigenvalue weighted by Crippen LogP contribution is -2.43. The van der Waals surface area contributed by atoms with Gasteiger partial charge in [-0.3, -0.25) is 4.79 Å². The normalized spacial score (nSPS) is 13.5. The van der Waals surface area contributed by atoms with Crippen molar-refractivity contribution in [3.05, 3.63) is 0 Å². The fourth-order valence-corrected chi connectivity index (χ4v) is 2.35. The zero-order valence-corrected chi connectivity index (χ0v) is 19.8. The van der Waals surface area contributed by atoms with Crippen LogP contribution in [0.5, 0.6) is 0 Å². The maximum Gasteiger partial charge on any atom is 0.228 e. The van der Waals surface area contributed by atoms with Crippen LogP contribution >= 0.6 is 0 Å². The molecular formula is C23H47NO3. The maximum atomic E-state index is 12.5. The first kappa shape index (κ1) is 26.4. The zero-order chi connectivity index (χ0) is 21.3. The molecule has 4 heteroatoms. The molecule has 1 amide bonds. The van der Waals surface area contributed by atoms with Crippen LogP contribution in [0.2, 0.25) is 0 Å². The second-order valence-corrected chi connectivity index (χ2v) is 10.6. The van der Waals surface area contributed by atoms with Crippen LogP contribution in [0.15, 0.2) is 0 Å². The van der Waals surface area contributed by atoms with Gasteiger partial charge >= 0.3 is 0 Å². The molecule has 27 heavy (non-hydrogen) atoms. The minimum Gasteiger partial charge on any atom is -0.380 e. The highest BCUT2D eigenvalue weighted by molar-refractivity contribution is 5.81. The number of rotatable bonds is 14. The fraction of sp³-hybridized carbons (Fsp3) is 0.957. The van der Waals surface area contributed by atoms with Crippen molar-refractivity contribution in [3.63, 3.8) is 0 Å². The Morgan fingerprint density at radius 3 is 2.04 bits per heavy atom. The van der Waals surface area contributed by atoms with Crippen molar-refractivity contribution in [2.75, 3.05) is 26.4 Å². The van der Waals surface area contributed by atoms with Gasteiger partial charge in [0.25, 0.3) is 0 Å². The van der Waals surface area contributed by atoms with Gasteiger partial charge in [0, 0.05) is 13.2 Å². The van der Waals surface area contributed by atoms with E-state index in [1.165, 1.54) is 0 Å². The predicted molar refractivity (Wildman–Crippen MR) is 115 cm³/mol. The molecule has 0 atom stereocenters. The molecular weight excluding hydrogens is 338 g/mol. The summed E-state index contributed by atoms with van der Waals surface area (Å²) < 4.78 is 11.8. The van der Waals surface area contributed by atoms with Gasteiger partial charge in [-0.15, -0.1) is 0 Å². The van der Waals surface area contributed by atoms with Crippen LogP contribution in [0.1, 0.15) is 88.5 Å². The van der Waals surface area contributed by atoms with Crippen LogP contribution in [0, 0.1) is 22.7 Å². The molecule has 0 aromatic carbocycles. The molecule has 0 saturated heterocycles. The van der Waals surface area contributed by atoms with Crippen LogP contribution in [0.3, 0.4) is 0 Å². The van der Waals surface area contributed by atoms with Crippen LogP contribution in [-0.2, 0) is 14.3 Å². The summed E-state index contributed by atoms with van der Waals surface area (Å²) in [5.41, 5.74) is -0.464. The van der Waals surface area contributed by atoms with Crippen molar-refractivity contribution in [2.24, 2.45) is 22.7 Å². The van der Waals surface area contributed by atoms with E-state index in [0.717, 1.165) is 25.9 Å². The molecule has 0 unspecified atom stereocenters. The van der Waals surface area contributed by atoms with Crippen molar-refractivity contribution in [2.45, 2.75) is 94.1 Å². The van der Waals surface area contributed by atoms with Gasteiger partial charge in [-0.25, -0.2) is 0 Å². The largest absolute Gasteiger partial charge is 0.380 e. The van der Waals surface area contributed by atoms with Crippen molar-refractivity contribution >= 4 is 5.91 Å². The predicted octanol–water partition coefficient (Wildman–Crippen LogP) is 5.45. The molecule has 0 aromatic heterocycles. The van der Waals surface area contributed by atoms with Crippen LogP contribution in [0.25, 0.3) is 0 Å². The summed E-state index contributed by atoms with van der Waals surface area (Å²) in [4.78, 5) is 12.5. The van der Waals surface area contributed by atoms with E-state index in [-0.39, 0.29) is 16.9 Å². The Bertz CT molecular complexity index is 425. The molecule has 0 saturated carbocycles. The van der Waals surface area contributed by atoms with E-state index in [9.17, 15) is 4.79 Å². The first-order valence-corrected chi connectivity index (χ1v) is 10.7. The number of nitrogens with one attached hydrogen (secondary N) is 1. The van der Waals surface area contributed by atoms with Gasteiger partial charge in [0.2, 0.25) is 5.91 Å². The Morgan fingerprint density at radius 1 is 0.926 bits per heavy atom. The standard InChI is InChI=1S/C23H47NO3/c1-18(2)11-12-23(9,10)27-17-22(7,8)20(25)24-14-16-26-15-13-21(5,6)19(3)4/h18-19H,11-17H2,1-10H3,(H,24,25). The summed E-state index contributed by atoms with van der Waals surface area (Å²) in [7, 11) is 0. The number of ether oxygens (including phenoxy) is 2. The van der Waals surface area contributed by atoms with Gasteiger partial charge in [-0.1, -0.05) is 41.5 Å². The van der Waals surface area contributed by atoms with Crippen LogP contribution < -0.4 is 5.32 Å². The molecule has 0 aliphatic heterocycles. The van der Waals surface area contributed by atoms with Gasteiger partial charge in [0.15, 0.2) is 0 Å². The lowest BCUT2D eigenvalue weighted by Gasteiger charge is -2.31. The average molecular weight is 386 g/mol. The lowest BCUT2D eigenvalue weighted by atomic mass is 9.79. The summed E-state index contributed by atoms with van der Waals surface area (Å²) in [5.74, 6) is 1.31. The van der Waals surface area contributed by atoms with E-state index in [1.54, 1.807) is 0 Å². The molecule has 0 aliphatic rings. The van der Waals surface area contributed by atoms with E-state index in [4.69, 9.17) is 9.47 Å². The maximum absolute atomic E-state index is 12.5. The Kier molecular flexibility index (Phi) is 11.1. The van der Waals surface area contributed by atoms with E-state index in [2.05, 4.69) is 60.7 Å². The molecule has 162 valence electrons. The number of carbonyl (C=O) groups is 1. The first-order chi connectivity index (χ1) is 12.2. The Hall–Kier alpha value is -0.610. The molecule has 0 rings (SSSR count). The van der Waals surface area contributed by atoms with Crippen LogP contribution in [-0.4, -0.2) is 37.9 Å². The highest BCUT2D eigenvalue weighted by Gasteiger charge is 2.31. The minimum atomic E-state index is -0.547. The van der Waals surface area contributed by atoms with E-state index < -0.39 is 5.41 Å². The molecule has 0 aliphatic carbocycles. The van der Waals surface area contributed by atoms with E-state index >= 15 is 0 Å². The van der Waals surface area contributed by atoms with E-state index in [0.29, 0.717) is 31.6 Å². The monoisotopic (exact) mass is 385 g/mol. The summed E-state index contributed by atoms with van der Waals surface area (Å²) in [5, 5.41) is 2.99. The van der Waals surface area contributed by atoms with Gasteiger partial charge in [0.1, 0.15) is 0 Å². The Morgan fingerprint density at radius 2 is 1.52 bits per heavy atom. The lowest BCUT2D eigenvalue weighted by molar-refractivity contribution is -0.137. The minimum absolute atomic E-state index is 0.0215. The molecule has 0 aromatic rings. The second kappa shape index (κ2) is 11.4.